The molecule has 0 radical (unpaired) electrons. The predicted octanol–water partition coefficient (Wildman–Crippen LogP) is 3.50. The average molecular weight is 577 g/mol. The van der Waals surface area contributed by atoms with Crippen molar-refractivity contribution in [1.82, 2.24) is 29.2 Å². The highest BCUT2D eigenvalue weighted by Crippen LogP contribution is 2.55. The van der Waals surface area contributed by atoms with Crippen molar-refractivity contribution in [3.05, 3.63) is 21.7 Å². The topological polar surface area (TPSA) is 118 Å². The van der Waals surface area contributed by atoms with E-state index >= 15 is 0 Å². The smallest absolute Gasteiger partial charge is 0.330 e. The summed E-state index contributed by atoms with van der Waals surface area (Å²) in [5.74, 6) is 1.80. The van der Waals surface area contributed by atoms with E-state index in [0.29, 0.717) is 60.2 Å². The highest BCUT2D eigenvalue weighted by Gasteiger charge is 2.62. The molecule has 2 saturated heterocycles. The van der Waals surface area contributed by atoms with Crippen LogP contribution in [-0.2, 0) is 34.0 Å². The molecular formula is C31H40N6O5. The third kappa shape index (κ3) is 3.55. The van der Waals surface area contributed by atoms with Gasteiger partial charge in [-0.1, -0.05) is 11.6 Å². The van der Waals surface area contributed by atoms with Gasteiger partial charge >= 0.3 is 5.69 Å². The second kappa shape index (κ2) is 9.22. The van der Waals surface area contributed by atoms with Crippen LogP contribution in [0.5, 0.6) is 5.88 Å². The minimum atomic E-state index is -0.564. The number of nitrogens with zero attached hydrogens (tertiary/aromatic N) is 6. The lowest BCUT2D eigenvalue weighted by atomic mass is 9.64. The summed E-state index contributed by atoms with van der Waals surface area (Å²) in [6.07, 6.45) is 8.70. The van der Waals surface area contributed by atoms with Gasteiger partial charge in [-0.3, -0.25) is 18.8 Å². The average Bonchev–Trinajstić information content (AvgIpc) is 3.36. The van der Waals surface area contributed by atoms with Crippen LogP contribution < -0.4 is 10.4 Å². The first-order valence-electron chi connectivity index (χ1n) is 15.7. The van der Waals surface area contributed by atoms with Crippen LogP contribution in [0, 0.1) is 5.92 Å². The van der Waals surface area contributed by atoms with Gasteiger partial charge in [-0.05, 0) is 72.3 Å². The van der Waals surface area contributed by atoms with E-state index in [-0.39, 0.29) is 29.2 Å². The van der Waals surface area contributed by atoms with E-state index in [1.807, 2.05) is 4.57 Å². The fourth-order valence-electron chi connectivity index (χ4n) is 8.62. The zero-order chi connectivity index (χ0) is 29.0. The minimum absolute atomic E-state index is 0.139. The summed E-state index contributed by atoms with van der Waals surface area (Å²) < 4.78 is 22.0. The first-order chi connectivity index (χ1) is 20.2. The lowest BCUT2D eigenvalue weighted by molar-refractivity contribution is -0.127. The zero-order valence-electron chi connectivity index (χ0n) is 25.0. The number of carbonyl (C=O) groups excluding carboxylic acids is 1. The van der Waals surface area contributed by atoms with Crippen molar-refractivity contribution in [2.45, 2.75) is 107 Å². The SMILES string of the molecule is C[C@H](Oc1nc(-c2onc3c2CCC[C@@]32CCCCC2=O)nc2c1n(C)c(=O)n2[C@@]12COC[C@@H]1C2)[C@@H]1CC[C@H](C)N1C. The number of hydrogen-bond acceptors (Lipinski definition) is 9. The van der Waals surface area contributed by atoms with Crippen LogP contribution in [0.2, 0.25) is 0 Å². The van der Waals surface area contributed by atoms with Crippen LogP contribution in [0.4, 0.5) is 0 Å². The molecule has 8 rings (SSSR count). The summed E-state index contributed by atoms with van der Waals surface area (Å²) in [4.78, 5) is 39.5. The number of hydrogen-bond donors (Lipinski definition) is 0. The Hall–Kier alpha value is -3.05. The number of fused-ring (bicyclic) bond motifs is 4. The number of likely N-dealkylation sites (N-methyl/N-ethyl adjacent to an activating group) is 1. The van der Waals surface area contributed by atoms with E-state index in [0.717, 1.165) is 69.0 Å². The van der Waals surface area contributed by atoms with Crippen LogP contribution in [0.15, 0.2) is 9.32 Å². The fraction of sp³-hybridized carbons (Fsp3) is 0.710. The van der Waals surface area contributed by atoms with Crippen LogP contribution in [0.25, 0.3) is 22.7 Å². The van der Waals surface area contributed by atoms with Gasteiger partial charge in [0.05, 0.1) is 24.2 Å². The lowest BCUT2D eigenvalue weighted by Gasteiger charge is -2.37. The molecule has 5 aliphatic rings. The van der Waals surface area contributed by atoms with Gasteiger partial charge < -0.3 is 14.0 Å². The highest BCUT2D eigenvalue weighted by atomic mass is 16.5. The van der Waals surface area contributed by atoms with Crippen LogP contribution in [0.1, 0.15) is 82.9 Å². The molecule has 0 unspecified atom stereocenters. The normalized spacial score (nSPS) is 33.3. The minimum Gasteiger partial charge on any atom is -0.471 e. The number of aromatic nitrogens is 5. The molecule has 3 aliphatic carbocycles. The number of carbonyl (C=O) groups is 1. The molecule has 11 heteroatoms. The van der Waals surface area contributed by atoms with Gasteiger partial charge in [-0.25, -0.2) is 9.78 Å². The summed E-state index contributed by atoms with van der Waals surface area (Å²) in [7, 11) is 3.91. The Kier molecular flexibility index (Phi) is 5.83. The zero-order valence-corrected chi connectivity index (χ0v) is 25.0. The van der Waals surface area contributed by atoms with Crippen molar-refractivity contribution in [2.75, 3.05) is 20.3 Å². The second-order valence-corrected chi connectivity index (χ2v) is 13.6. The molecule has 0 aromatic carbocycles. The highest BCUT2D eigenvalue weighted by molar-refractivity contribution is 5.91. The molecule has 11 nitrogen and oxygen atoms in total. The molecule has 5 heterocycles. The van der Waals surface area contributed by atoms with Crippen molar-refractivity contribution < 1.29 is 18.8 Å². The molecule has 2 aliphatic heterocycles. The Bertz CT molecular complexity index is 1660. The number of ether oxygens (including phenoxy) is 2. The number of ketones is 1. The molecule has 224 valence electrons. The van der Waals surface area contributed by atoms with Gasteiger partial charge in [0.25, 0.3) is 0 Å². The number of aryl methyl sites for hydroxylation is 1. The lowest BCUT2D eigenvalue weighted by Crippen LogP contribution is -2.41. The van der Waals surface area contributed by atoms with Gasteiger partial charge in [0, 0.05) is 37.0 Å². The van der Waals surface area contributed by atoms with Gasteiger partial charge in [-0.2, -0.15) is 4.98 Å². The fourth-order valence-corrected chi connectivity index (χ4v) is 8.62. The standard InChI is InChI=1S/C31H40N6O5/c1-17-10-11-21(35(17)3)18(2)41-28-23-27(37(29(39)36(23)4)31-14-19(31)15-40-16-31)32-26(33-28)24-20-8-7-13-30(25(20)34-42-24)12-6-5-9-22(30)38/h17-19,21H,5-16H2,1-4H3/t17-,18-,19-,21-,30+,31-/m0/s1. The van der Waals surface area contributed by atoms with Crippen LogP contribution in [-0.4, -0.2) is 73.4 Å². The van der Waals surface area contributed by atoms with Gasteiger partial charge in [-0.15, -0.1) is 0 Å². The first-order valence-corrected chi connectivity index (χ1v) is 15.7. The summed E-state index contributed by atoms with van der Waals surface area (Å²) in [6, 6.07) is 0.716. The third-order valence-electron chi connectivity index (χ3n) is 11.4. The Morgan fingerprint density at radius 3 is 2.62 bits per heavy atom. The van der Waals surface area contributed by atoms with Crippen molar-refractivity contribution in [3.63, 3.8) is 0 Å². The molecule has 0 N–H and O–H groups in total. The van der Waals surface area contributed by atoms with Crippen molar-refractivity contribution in [1.29, 1.82) is 0 Å². The molecule has 0 amide bonds. The molecule has 3 aromatic heterocycles. The predicted molar refractivity (Wildman–Crippen MR) is 154 cm³/mol. The van der Waals surface area contributed by atoms with E-state index < -0.39 is 5.41 Å². The number of likely N-dealkylation sites (tertiary alicyclic amines) is 1. The van der Waals surface area contributed by atoms with Crippen molar-refractivity contribution >= 4 is 16.9 Å². The van der Waals surface area contributed by atoms with Crippen LogP contribution in [0.3, 0.4) is 0 Å². The summed E-state index contributed by atoms with van der Waals surface area (Å²) in [5.41, 5.74) is 1.74. The summed E-state index contributed by atoms with van der Waals surface area (Å²) in [6.45, 7) is 5.47. The number of rotatable bonds is 5. The second-order valence-electron chi connectivity index (χ2n) is 13.6. The van der Waals surface area contributed by atoms with E-state index in [9.17, 15) is 9.59 Å². The monoisotopic (exact) mass is 576 g/mol. The molecule has 0 bridgehead atoms. The molecule has 3 aromatic rings. The van der Waals surface area contributed by atoms with Gasteiger partial charge in [0.1, 0.15) is 17.6 Å². The molecule has 4 fully saturated rings. The van der Waals surface area contributed by atoms with Crippen LogP contribution >= 0.6 is 0 Å². The summed E-state index contributed by atoms with van der Waals surface area (Å²) in [5, 5.41) is 4.54. The maximum Gasteiger partial charge on any atom is 0.330 e. The number of Topliss-reactive ketones (excluding diaryl/α,β-unsaturated/α-hetero) is 1. The molecule has 2 saturated carbocycles. The Morgan fingerprint density at radius 2 is 1.90 bits per heavy atom. The van der Waals surface area contributed by atoms with Gasteiger partial charge in [0.2, 0.25) is 17.5 Å². The van der Waals surface area contributed by atoms with E-state index in [1.54, 1.807) is 11.6 Å². The summed E-state index contributed by atoms with van der Waals surface area (Å²) >= 11 is 0. The van der Waals surface area contributed by atoms with Crippen molar-refractivity contribution in [3.8, 4) is 17.5 Å². The van der Waals surface area contributed by atoms with E-state index in [4.69, 9.17) is 24.0 Å². The Balaban J connectivity index is 1.29. The molecular weight excluding hydrogens is 536 g/mol. The van der Waals surface area contributed by atoms with E-state index in [1.165, 1.54) is 0 Å². The van der Waals surface area contributed by atoms with Crippen molar-refractivity contribution in [2.24, 2.45) is 13.0 Å². The molecule has 42 heavy (non-hydrogen) atoms. The first kappa shape index (κ1) is 26.6. The Labute approximate surface area is 244 Å². The molecule has 6 atom stereocenters. The quantitative estimate of drug-likeness (QED) is 0.450. The maximum atomic E-state index is 13.8. The molecule has 1 spiro atoms. The van der Waals surface area contributed by atoms with Gasteiger partial charge in [0.15, 0.2) is 11.2 Å². The maximum absolute atomic E-state index is 13.8. The largest absolute Gasteiger partial charge is 0.471 e. The number of imidazole rings is 1. The third-order valence-corrected chi connectivity index (χ3v) is 11.4. The Morgan fingerprint density at radius 1 is 1.07 bits per heavy atom. The van der Waals surface area contributed by atoms with E-state index in [2.05, 4.69) is 31.0 Å².